The van der Waals surface area contributed by atoms with E-state index in [9.17, 15) is 0 Å². The van der Waals surface area contributed by atoms with Crippen molar-refractivity contribution in [2.75, 3.05) is 0 Å². The zero-order valence-corrected chi connectivity index (χ0v) is 7.96. The summed E-state index contributed by atoms with van der Waals surface area (Å²) in [6, 6.07) is 8.48. The van der Waals surface area contributed by atoms with E-state index in [-0.39, 0.29) is 0 Å². The third-order valence-electron chi connectivity index (χ3n) is 1.98. The van der Waals surface area contributed by atoms with Crippen LogP contribution in [0.25, 0.3) is 11.1 Å². The van der Waals surface area contributed by atoms with E-state index < -0.39 is 5.60 Å². The molecule has 0 aromatic carbocycles. The number of benzene rings is 1. The van der Waals surface area contributed by atoms with Crippen LogP contribution in [0.1, 0.15) is 27.2 Å². The van der Waals surface area contributed by atoms with Gasteiger partial charge in [-0.2, -0.15) is 0 Å². The van der Waals surface area contributed by atoms with Crippen molar-refractivity contribution in [1.29, 1.82) is 0 Å². The fourth-order valence-electron chi connectivity index (χ4n) is 0.676. The Morgan fingerprint density at radius 2 is 1.67 bits per heavy atom. The van der Waals surface area contributed by atoms with E-state index in [0.717, 1.165) is 6.42 Å². The van der Waals surface area contributed by atoms with Crippen LogP contribution in [0.15, 0.2) is 24.3 Å². The molecule has 0 heterocycles. The van der Waals surface area contributed by atoms with Crippen LogP contribution >= 0.6 is 0 Å². The lowest BCUT2D eigenvalue weighted by atomic mass is 10.1. The number of rotatable bonds is 1. The van der Waals surface area contributed by atoms with E-state index >= 15 is 0 Å². The van der Waals surface area contributed by atoms with Crippen LogP contribution in [0.5, 0.6) is 0 Å². The summed E-state index contributed by atoms with van der Waals surface area (Å²) >= 11 is 0. The summed E-state index contributed by atoms with van der Waals surface area (Å²) in [5.41, 5.74) is 2.39. The normalized spacial score (nSPS) is 11.7. The summed E-state index contributed by atoms with van der Waals surface area (Å²) in [6.45, 7) is 5.56. The molecule has 1 heteroatoms. The molecule has 12 heavy (non-hydrogen) atoms. The summed E-state index contributed by atoms with van der Waals surface area (Å²) < 4.78 is 0. The van der Waals surface area contributed by atoms with Crippen LogP contribution in [0.3, 0.4) is 0 Å². The lowest BCUT2D eigenvalue weighted by Crippen LogP contribution is -2.15. The van der Waals surface area contributed by atoms with Crippen LogP contribution in [0, 0.1) is 0 Å². The number of fused-ring (bicyclic) bond motifs is 1. The Kier molecular flexibility index (Phi) is 2.53. The summed E-state index contributed by atoms with van der Waals surface area (Å²) in [4.78, 5) is 0. The largest absolute Gasteiger partial charge is 0.390 e. The van der Waals surface area contributed by atoms with E-state index in [1.165, 1.54) is 11.1 Å². The second kappa shape index (κ2) is 3.28. The molecule has 0 aliphatic heterocycles. The maximum absolute atomic E-state index is 8.83. The second-order valence-corrected chi connectivity index (χ2v) is 3.75. The van der Waals surface area contributed by atoms with Crippen molar-refractivity contribution in [3.8, 4) is 11.1 Å². The lowest BCUT2D eigenvalue weighted by molar-refractivity contribution is 0.0765. The molecule has 2 aliphatic carbocycles. The molecule has 1 nitrogen and oxygen atoms in total. The molecule has 0 spiro atoms. The monoisotopic (exact) mass is 164 g/mol. The van der Waals surface area contributed by atoms with Gasteiger partial charge in [-0.25, -0.2) is 0 Å². The Bertz CT molecular complexity index is 241. The molecule has 0 aromatic rings. The molecule has 0 unspecified atom stereocenters. The summed E-state index contributed by atoms with van der Waals surface area (Å²) in [6.07, 6.45) is 0.826. The van der Waals surface area contributed by atoms with Gasteiger partial charge in [0.05, 0.1) is 5.60 Å². The van der Waals surface area contributed by atoms with Gasteiger partial charge in [0.2, 0.25) is 0 Å². The third-order valence-corrected chi connectivity index (χ3v) is 1.98. The first-order valence-corrected chi connectivity index (χ1v) is 4.36. The van der Waals surface area contributed by atoms with E-state index in [0.29, 0.717) is 0 Å². The molecule has 0 saturated heterocycles. The summed E-state index contributed by atoms with van der Waals surface area (Å²) in [5, 5.41) is 8.83. The van der Waals surface area contributed by atoms with Crippen molar-refractivity contribution < 1.29 is 5.11 Å². The summed E-state index contributed by atoms with van der Waals surface area (Å²) in [7, 11) is 0. The minimum atomic E-state index is -0.458. The molecule has 0 bridgehead atoms. The van der Waals surface area contributed by atoms with Crippen LogP contribution in [0.4, 0.5) is 0 Å². The molecule has 1 N–H and O–H groups in total. The first kappa shape index (κ1) is 9.27. The SMILES string of the molecule is CCC(C)(C)O.c1cc2cc-2c1. The van der Waals surface area contributed by atoms with Gasteiger partial charge in [0, 0.05) is 0 Å². The van der Waals surface area contributed by atoms with Gasteiger partial charge in [-0.1, -0.05) is 25.1 Å². The predicted molar refractivity (Wildman–Crippen MR) is 52.0 cm³/mol. The van der Waals surface area contributed by atoms with Crippen LogP contribution in [0.2, 0.25) is 0 Å². The Morgan fingerprint density at radius 3 is 1.75 bits per heavy atom. The Labute approximate surface area is 74.1 Å². The fourth-order valence-corrected chi connectivity index (χ4v) is 0.676. The van der Waals surface area contributed by atoms with E-state index in [4.69, 9.17) is 5.11 Å². The maximum Gasteiger partial charge on any atom is 0.0589 e. The quantitative estimate of drug-likeness (QED) is 0.687. The standard InChI is InChI=1S/C6H4.C5H12O/c1-2-5-4-6(5)3-1;1-4-5(2,3)6/h1-4H;6H,4H2,1-3H3. The Balaban J connectivity index is 0.000000120. The predicted octanol–water partition coefficient (Wildman–Crippen LogP) is 2.83. The van der Waals surface area contributed by atoms with E-state index in [1.54, 1.807) is 13.8 Å². The molecule has 0 fully saturated rings. The maximum atomic E-state index is 8.83. The minimum absolute atomic E-state index is 0.458. The molecule has 0 atom stereocenters. The number of aliphatic hydroxyl groups is 1. The van der Waals surface area contributed by atoms with E-state index in [2.05, 4.69) is 24.3 Å². The molecule has 0 aromatic heterocycles. The van der Waals surface area contributed by atoms with Crippen LogP contribution in [-0.2, 0) is 0 Å². The zero-order chi connectivity index (χ0) is 9.19. The Hall–Kier alpha value is -0.820. The smallest absolute Gasteiger partial charge is 0.0589 e. The number of hydrogen-bond donors (Lipinski definition) is 1. The van der Waals surface area contributed by atoms with Crippen LogP contribution < -0.4 is 0 Å². The van der Waals surface area contributed by atoms with Gasteiger partial charge in [0.25, 0.3) is 0 Å². The third kappa shape index (κ3) is 3.05. The highest BCUT2D eigenvalue weighted by molar-refractivity contribution is 5.80. The minimum Gasteiger partial charge on any atom is -0.390 e. The highest BCUT2D eigenvalue weighted by Gasteiger charge is 2.07. The van der Waals surface area contributed by atoms with Gasteiger partial charge in [-0.05, 0) is 37.5 Å². The van der Waals surface area contributed by atoms with Crippen molar-refractivity contribution in [3.63, 3.8) is 0 Å². The first-order chi connectivity index (χ1) is 5.53. The first-order valence-electron chi connectivity index (χ1n) is 4.36. The van der Waals surface area contributed by atoms with Gasteiger partial charge in [0.15, 0.2) is 0 Å². The van der Waals surface area contributed by atoms with E-state index in [1.807, 2.05) is 6.92 Å². The van der Waals surface area contributed by atoms with Crippen LogP contribution in [-0.4, -0.2) is 10.7 Å². The highest BCUT2D eigenvalue weighted by atomic mass is 16.3. The zero-order valence-electron chi connectivity index (χ0n) is 7.96. The highest BCUT2D eigenvalue weighted by Crippen LogP contribution is 2.32. The van der Waals surface area contributed by atoms with Crippen molar-refractivity contribution in [2.45, 2.75) is 32.8 Å². The van der Waals surface area contributed by atoms with Crippen molar-refractivity contribution >= 4 is 0 Å². The summed E-state index contributed by atoms with van der Waals surface area (Å²) in [5.74, 6) is 0. The lowest BCUT2D eigenvalue weighted by Gasteiger charge is -2.11. The molecule has 0 saturated carbocycles. The van der Waals surface area contributed by atoms with Gasteiger partial charge in [0.1, 0.15) is 0 Å². The molecular formula is C11H16O. The average molecular weight is 164 g/mol. The molecular weight excluding hydrogens is 148 g/mol. The average Bonchev–Trinajstić information content (AvgIpc) is 2.60. The molecule has 2 rings (SSSR count). The van der Waals surface area contributed by atoms with Crippen molar-refractivity contribution in [1.82, 2.24) is 0 Å². The fraction of sp³-hybridized carbons (Fsp3) is 0.455. The van der Waals surface area contributed by atoms with Crippen molar-refractivity contribution in [3.05, 3.63) is 24.3 Å². The van der Waals surface area contributed by atoms with Gasteiger partial charge >= 0.3 is 0 Å². The molecule has 0 radical (unpaired) electrons. The molecule has 0 amide bonds. The van der Waals surface area contributed by atoms with Gasteiger partial charge in [-0.15, -0.1) is 0 Å². The number of hydrogen-bond acceptors (Lipinski definition) is 1. The molecule has 2 aliphatic rings. The van der Waals surface area contributed by atoms with Crippen molar-refractivity contribution in [2.24, 2.45) is 0 Å². The second-order valence-electron chi connectivity index (χ2n) is 3.75. The Morgan fingerprint density at radius 1 is 1.25 bits per heavy atom. The van der Waals surface area contributed by atoms with Gasteiger partial charge in [-0.3, -0.25) is 0 Å². The topological polar surface area (TPSA) is 20.2 Å². The van der Waals surface area contributed by atoms with Gasteiger partial charge < -0.3 is 5.11 Å². The molecule has 66 valence electrons.